The molecule has 1 saturated carbocycles. The van der Waals surface area contributed by atoms with Gasteiger partial charge in [0.25, 0.3) is 10.0 Å². The van der Waals surface area contributed by atoms with Gasteiger partial charge in [-0.15, -0.1) is 0 Å². The molecule has 1 aromatic carbocycles. The molecule has 1 heterocycles. The van der Waals surface area contributed by atoms with Gasteiger partial charge in [0, 0.05) is 18.3 Å². The average Bonchev–Trinajstić information content (AvgIpc) is 2.81. The lowest BCUT2D eigenvalue weighted by Crippen LogP contribution is -2.21. The zero-order valence-corrected chi connectivity index (χ0v) is 13.5. The van der Waals surface area contributed by atoms with Gasteiger partial charge in [-0.1, -0.05) is 11.6 Å². The molecule has 6 nitrogen and oxygen atoms in total. The summed E-state index contributed by atoms with van der Waals surface area (Å²) in [5.41, 5.74) is 0.575. The van der Waals surface area contributed by atoms with Crippen LogP contribution in [0.1, 0.15) is 25.0 Å². The van der Waals surface area contributed by atoms with Gasteiger partial charge in [0.2, 0.25) is 0 Å². The van der Waals surface area contributed by atoms with E-state index in [0.717, 1.165) is 6.54 Å². The molecule has 0 radical (unpaired) electrons. The molecule has 2 N–H and O–H groups in total. The van der Waals surface area contributed by atoms with E-state index in [-0.39, 0.29) is 5.82 Å². The minimum atomic E-state index is -4.05. The van der Waals surface area contributed by atoms with Gasteiger partial charge in [0.15, 0.2) is 5.82 Å². The normalized spacial score (nSPS) is 15.2. The highest BCUT2D eigenvalue weighted by Gasteiger charge is 2.21. The van der Waals surface area contributed by atoms with Crippen LogP contribution in [0.15, 0.2) is 33.7 Å². The Labute approximate surface area is 134 Å². The molecule has 1 fully saturated rings. The molecule has 0 bridgehead atoms. The van der Waals surface area contributed by atoms with Crippen molar-refractivity contribution in [2.24, 2.45) is 5.92 Å². The van der Waals surface area contributed by atoms with E-state index in [1.807, 2.05) is 0 Å². The van der Waals surface area contributed by atoms with E-state index >= 15 is 0 Å². The first-order valence-electron chi connectivity index (χ1n) is 7.43. The summed E-state index contributed by atoms with van der Waals surface area (Å²) in [6, 6.07) is 5.42. The molecule has 2 aromatic rings. The summed E-state index contributed by atoms with van der Waals surface area (Å²) < 4.78 is 45.6. The highest BCUT2D eigenvalue weighted by atomic mass is 32.2. The lowest BCUT2D eigenvalue weighted by atomic mass is 9.85. The second-order valence-corrected chi connectivity index (χ2v) is 7.40. The van der Waals surface area contributed by atoms with E-state index in [9.17, 15) is 12.8 Å². The first-order chi connectivity index (χ1) is 10.9. The van der Waals surface area contributed by atoms with E-state index < -0.39 is 20.7 Å². The number of aryl methyl sites for hydroxylation is 1. The van der Waals surface area contributed by atoms with Crippen molar-refractivity contribution in [3.05, 3.63) is 35.8 Å². The third-order valence-electron chi connectivity index (χ3n) is 3.91. The van der Waals surface area contributed by atoms with Crippen molar-refractivity contribution in [1.29, 1.82) is 0 Å². The van der Waals surface area contributed by atoms with E-state index in [1.54, 1.807) is 13.0 Å². The monoisotopic (exact) mass is 339 g/mol. The maximum Gasteiger partial charge on any atom is 0.266 e. The Morgan fingerprint density at radius 1 is 1.35 bits per heavy atom. The van der Waals surface area contributed by atoms with E-state index in [1.165, 1.54) is 37.5 Å². The fourth-order valence-corrected chi connectivity index (χ4v) is 3.44. The van der Waals surface area contributed by atoms with E-state index in [2.05, 4.69) is 15.2 Å². The summed E-state index contributed by atoms with van der Waals surface area (Å²) in [7, 11) is -4.05. The Balaban J connectivity index is 1.73. The molecule has 124 valence electrons. The quantitative estimate of drug-likeness (QED) is 0.845. The minimum Gasteiger partial charge on any atom is -0.385 e. The highest BCUT2D eigenvalue weighted by Crippen LogP contribution is 2.27. The van der Waals surface area contributed by atoms with Gasteiger partial charge in [-0.05, 0) is 43.9 Å². The summed E-state index contributed by atoms with van der Waals surface area (Å²) in [6.07, 6.45) is 3.61. The molecule has 23 heavy (non-hydrogen) atoms. The number of sulfonamides is 1. The Morgan fingerprint density at radius 2 is 2.13 bits per heavy atom. The molecular weight excluding hydrogens is 321 g/mol. The van der Waals surface area contributed by atoms with Crippen molar-refractivity contribution in [2.45, 2.75) is 31.1 Å². The number of halogens is 1. The molecule has 1 aliphatic rings. The molecule has 0 amide bonds. The van der Waals surface area contributed by atoms with Crippen LogP contribution in [0.3, 0.4) is 0 Å². The Hall–Kier alpha value is -2.09. The standard InChI is InChI=1S/C15H18FN3O3S/c1-10-7-15(18-22-10)19-23(20,21)14-6-5-12(8-13(14)16)17-9-11-3-2-4-11/h5-8,11,17H,2-4,9H2,1H3,(H,18,19). The summed E-state index contributed by atoms with van der Waals surface area (Å²) in [5, 5.41) is 6.67. The molecule has 8 heteroatoms. The molecule has 0 unspecified atom stereocenters. The van der Waals surface area contributed by atoms with Crippen molar-refractivity contribution in [3.63, 3.8) is 0 Å². The first kappa shape index (κ1) is 15.8. The van der Waals surface area contributed by atoms with Crippen LogP contribution in [0.2, 0.25) is 0 Å². The van der Waals surface area contributed by atoms with Gasteiger partial charge in [-0.25, -0.2) is 12.8 Å². The summed E-state index contributed by atoms with van der Waals surface area (Å²) in [4.78, 5) is -0.424. The third-order valence-corrected chi connectivity index (χ3v) is 5.30. The third kappa shape index (κ3) is 3.64. The zero-order chi connectivity index (χ0) is 16.4. The van der Waals surface area contributed by atoms with Crippen LogP contribution >= 0.6 is 0 Å². The van der Waals surface area contributed by atoms with Gasteiger partial charge in [0.1, 0.15) is 16.5 Å². The lowest BCUT2D eigenvalue weighted by molar-refractivity contribution is 0.333. The second-order valence-electron chi connectivity index (χ2n) is 5.75. The SMILES string of the molecule is Cc1cc(NS(=O)(=O)c2ccc(NCC3CCC3)cc2F)no1. The van der Waals surface area contributed by atoms with Crippen LogP contribution in [0, 0.1) is 18.7 Å². The van der Waals surface area contributed by atoms with Gasteiger partial charge in [-0.2, -0.15) is 0 Å². The summed E-state index contributed by atoms with van der Waals surface area (Å²) >= 11 is 0. The van der Waals surface area contributed by atoms with Crippen molar-refractivity contribution in [3.8, 4) is 0 Å². The smallest absolute Gasteiger partial charge is 0.266 e. The van der Waals surface area contributed by atoms with E-state index in [0.29, 0.717) is 17.4 Å². The zero-order valence-electron chi connectivity index (χ0n) is 12.7. The fraction of sp³-hybridized carbons (Fsp3) is 0.400. The van der Waals surface area contributed by atoms with E-state index in [4.69, 9.17) is 4.52 Å². The number of nitrogens with one attached hydrogen (secondary N) is 2. The number of nitrogens with zero attached hydrogens (tertiary/aromatic N) is 1. The van der Waals surface area contributed by atoms with Gasteiger partial charge in [0.05, 0.1) is 0 Å². The van der Waals surface area contributed by atoms with Crippen LogP contribution in [0.25, 0.3) is 0 Å². The Morgan fingerprint density at radius 3 is 2.70 bits per heavy atom. The number of benzene rings is 1. The van der Waals surface area contributed by atoms with Gasteiger partial charge < -0.3 is 9.84 Å². The second kappa shape index (κ2) is 6.19. The van der Waals surface area contributed by atoms with Crippen LogP contribution in [0.5, 0.6) is 0 Å². The summed E-state index contributed by atoms with van der Waals surface area (Å²) in [6.45, 7) is 2.41. The topological polar surface area (TPSA) is 84.2 Å². The minimum absolute atomic E-state index is 0.0223. The number of hydrogen-bond donors (Lipinski definition) is 2. The van der Waals surface area contributed by atoms with Crippen molar-refractivity contribution in [1.82, 2.24) is 5.16 Å². The number of anilines is 2. The maximum absolute atomic E-state index is 14.2. The molecular formula is C15H18FN3O3S. The predicted molar refractivity (Wildman–Crippen MR) is 84.3 cm³/mol. The van der Waals surface area contributed by atoms with Crippen LogP contribution in [0.4, 0.5) is 15.9 Å². The maximum atomic E-state index is 14.2. The molecule has 3 rings (SSSR count). The van der Waals surface area contributed by atoms with Crippen molar-refractivity contribution < 1.29 is 17.3 Å². The van der Waals surface area contributed by atoms with Crippen molar-refractivity contribution >= 4 is 21.5 Å². The number of hydrogen-bond acceptors (Lipinski definition) is 5. The van der Waals surface area contributed by atoms with Crippen LogP contribution in [-0.4, -0.2) is 20.1 Å². The summed E-state index contributed by atoms with van der Waals surface area (Å²) in [5.74, 6) is 0.294. The molecule has 0 saturated heterocycles. The largest absolute Gasteiger partial charge is 0.385 e. The molecule has 0 aliphatic heterocycles. The molecule has 1 aliphatic carbocycles. The van der Waals surface area contributed by atoms with Crippen LogP contribution in [-0.2, 0) is 10.0 Å². The Kier molecular flexibility index (Phi) is 4.25. The Bertz CT molecular complexity index is 800. The van der Waals surface area contributed by atoms with Crippen LogP contribution < -0.4 is 10.0 Å². The number of rotatable bonds is 6. The average molecular weight is 339 g/mol. The first-order valence-corrected chi connectivity index (χ1v) is 8.92. The highest BCUT2D eigenvalue weighted by molar-refractivity contribution is 7.92. The molecule has 0 spiro atoms. The lowest BCUT2D eigenvalue weighted by Gasteiger charge is -2.25. The van der Waals surface area contributed by atoms with Gasteiger partial charge >= 0.3 is 0 Å². The molecule has 0 atom stereocenters. The fourth-order valence-electron chi connectivity index (χ4n) is 2.39. The number of aromatic nitrogens is 1. The van der Waals surface area contributed by atoms with Gasteiger partial charge in [-0.3, -0.25) is 4.72 Å². The molecule has 1 aromatic heterocycles. The van der Waals surface area contributed by atoms with Crippen molar-refractivity contribution in [2.75, 3.05) is 16.6 Å². The predicted octanol–water partition coefficient (Wildman–Crippen LogP) is 3.13.